The predicted molar refractivity (Wildman–Crippen MR) is 127 cm³/mol. The van der Waals surface area contributed by atoms with E-state index in [2.05, 4.69) is 11.6 Å². The van der Waals surface area contributed by atoms with Gasteiger partial charge in [0.15, 0.2) is 5.96 Å². The number of allylic oxidation sites excluding steroid dienone is 3. The van der Waals surface area contributed by atoms with Crippen molar-refractivity contribution >= 4 is 28.0 Å². The summed E-state index contributed by atoms with van der Waals surface area (Å²) < 4.78 is 28.5. The molecule has 1 heterocycles. The summed E-state index contributed by atoms with van der Waals surface area (Å²) in [5, 5.41) is 5.27. The van der Waals surface area contributed by atoms with Crippen LogP contribution in [0.3, 0.4) is 0 Å². The molecule has 10 heteroatoms. The number of rotatable bonds is 11. The van der Waals surface area contributed by atoms with Crippen LogP contribution in [0.5, 0.6) is 0 Å². The number of primary sulfonamides is 1. The highest BCUT2D eigenvalue weighted by molar-refractivity contribution is 7.89. The molecule has 0 aliphatic carbocycles. The molecule has 32 heavy (non-hydrogen) atoms. The molecular weight excluding hydrogens is 430 g/mol. The Bertz CT molecular complexity index is 1020. The SMILES string of the molecule is C=CCC(CC=O)=C(N=C(N)N(C)CCOC)C1=CN(c2cccc(S(N)(=O)=O)c2)CC1. The van der Waals surface area contributed by atoms with Crippen molar-refractivity contribution in [2.24, 2.45) is 15.9 Å². The van der Waals surface area contributed by atoms with Crippen molar-refractivity contribution in [2.75, 3.05) is 38.8 Å². The zero-order valence-corrected chi connectivity index (χ0v) is 19.3. The number of benzene rings is 1. The lowest BCUT2D eigenvalue weighted by atomic mass is 10.0. The maximum atomic E-state index is 11.7. The maximum absolute atomic E-state index is 11.7. The van der Waals surface area contributed by atoms with Crippen LogP contribution in [0.4, 0.5) is 5.69 Å². The summed E-state index contributed by atoms with van der Waals surface area (Å²) in [6.07, 6.45) is 5.80. The molecule has 1 aliphatic rings. The van der Waals surface area contributed by atoms with E-state index in [1.807, 2.05) is 24.2 Å². The van der Waals surface area contributed by atoms with E-state index < -0.39 is 10.0 Å². The van der Waals surface area contributed by atoms with Gasteiger partial charge in [-0.25, -0.2) is 18.5 Å². The smallest absolute Gasteiger partial charge is 0.238 e. The number of ether oxygens (including phenoxy) is 1. The van der Waals surface area contributed by atoms with E-state index in [0.717, 1.165) is 17.4 Å². The molecule has 4 N–H and O–H groups in total. The van der Waals surface area contributed by atoms with E-state index in [1.165, 1.54) is 12.1 Å². The summed E-state index contributed by atoms with van der Waals surface area (Å²) >= 11 is 0. The number of likely N-dealkylation sites (N-methyl/N-ethyl adjacent to an activating group) is 1. The highest BCUT2D eigenvalue weighted by Crippen LogP contribution is 2.31. The standard InChI is InChI=1S/C22H31N5O4S/c1-4-6-17(10-13-28)21(25-22(23)26(2)12-14-31-3)18-9-11-27(16-18)19-7-5-8-20(15-19)32(24,29)30/h4-5,7-8,13,15-16H,1,6,9-12,14H2,2-3H3,(H2,23,25)(H2,24,29,30). The average Bonchev–Trinajstić information content (AvgIpc) is 3.25. The Morgan fingerprint density at radius 2 is 2.12 bits per heavy atom. The van der Waals surface area contributed by atoms with Gasteiger partial charge in [0, 0.05) is 45.6 Å². The number of sulfonamides is 1. The fourth-order valence-corrected chi connectivity index (χ4v) is 3.81. The van der Waals surface area contributed by atoms with Gasteiger partial charge in [-0.05, 0) is 42.2 Å². The fraction of sp³-hybridized carbons (Fsp3) is 0.364. The van der Waals surface area contributed by atoms with Gasteiger partial charge in [-0.2, -0.15) is 0 Å². The van der Waals surface area contributed by atoms with E-state index in [9.17, 15) is 13.2 Å². The Labute approximate surface area is 189 Å². The molecule has 174 valence electrons. The minimum Gasteiger partial charge on any atom is -0.383 e. The van der Waals surface area contributed by atoms with Gasteiger partial charge < -0.3 is 25.1 Å². The highest BCUT2D eigenvalue weighted by Gasteiger charge is 2.21. The number of hydrogen-bond acceptors (Lipinski definition) is 6. The number of nitrogens with zero attached hydrogens (tertiary/aromatic N) is 3. The lowest BCUT2D eigenvalue weighted by molar-refractivity contribution is -0.107. The quantitative estimate of drug-likeness (QED) is 0.222. The number of hydrogen-bond donors (Lipinski definition) is 2. The first kappa shape index (κ1) is 25.3. The van der Waals surface area contributed by atoms with Crippen LogP contribution in [0, 0.1) is 0 Å². The Morgan fingerprint density at radius 3 is 2.75 bits per heavy atom. The summed E-state index contributed by atoms with van der Waals surface area (Å²) in [6.45, 7) is 5.46. The summed E-state index contributed by atoms with van der Waals surface area (Å²) in [5.41, 5.74) is 9.26. The van der Waals surface area contributed by atoms with Crippen LogP contribution < -0.4 is 15.8 Å². The second kappa shape index (κ2) is 11.6. The van der Waals surface area contributed by atoms with Crippen LogP contribution in [-0.4, -0.2) is 59.4 Å². The minimum atomic E-state index is -3.81. The number of methoxy groups -OCH3 is 1. The third kappa shape index (κ3) is 6.78. The molecule has 0 unspecified atom stereocenters. The lowest BCUT2D eigenvalue weighted by Gasteiger charge is -2.19. The normalized spacial score (nSPS) is 15.3. The van der Waals surface area contributed by atoms with Crippen LogP contribution in [0.25, 0.3) is 0 Å². The molecule has 0 aromatic heterocycles. The van der Waals surface area contributed by atoms with E-state index in [0.29, 0.717) is 49.9 Å². The van der Waals surface area contributed by atoms with E-state index >= 15 is 0 Å². The van der Waals surface area contributed by atoms with Crippen molar-refractivity contribution in [1.82, 2.24) is 4.90 Å². The Balaban J connectivity index is 2.47. The molecule has 1 aromatic rings. The van der Waals surface area contributed by atoms with Crippen LogP contribution in [0.2, 0.25) is 0 Å². The van der Waals surface area contributed by atoms with Gasteiger partial charge >= 0.3 is 0 Å². The summed E-state index contributed by atoms with van der Waals surface area (Å²) in [7, 11) is -0.378. The summed E-state index contributed by atoms with van der Waals surface area (Å²) in [4.78, 5) is 19.7. The largest absolute Gasteiger partial charge is 0.383 e. The first-order valence-corrected chi connectivity index (χ1v) is 11.7. The topological polar surface area (TPSA) is 131 Å². The van der Waals surface area contributed by atoms with Crippen LogP contribution in [-0.2, 0) is 19.6 Å². The molecule has 0 spiro atoms. The lowest BCUT2D eigenvalue weighted by Crippen LogP contribution is -2.36. The van der Waals surface area contributed by atoms with E-state index in [4.69, 9.17) is 15.6 Å². The van der Waals surface area contributed by atoms with Gasteiger partial charge in [0.2, 0.25) is 10.0 Å². The van der Waals surface area contributed by atoms with Crippen molar-refractivity contribution in [2.45, 2.75) is 24.2 Å². The molecule has 0 fully saturated rings. The van der Waals surface area contributed by atoms with Gasteiger partial charge in [-0.3, -0.25) is 0 Å². The van der Waals surface area contributed by atoms with Crippen molar-refractivity contribution < 1.29 is 17.9 Å². The van der Waals surface area contributed by atoms with Crippen LogP contribution in [0.1, 0.15) is 19.3 Å². The molecule has 1 aromatic carbocycles. The van der Waals surface area contributed by atoms with Crippen molar-refractivity contribution in [3.63, 3.8) is 0 Å². The first-order valence-electron chi connectivity index (χ1n) is 10.1. The molecule has 0 bridgehead atoms. The third-order valence-corrected chi connectivity index (χ3v) is 5.93. The zero-order chi connectivity index (χ0) is 23.7. The van der Waals surface area contributed by atoms with E-state index in [1.54, 1.807) is 24.2 Å². The number of nitrogens with two attached hydrogens (primary N) is 2. The predicted octanol–water partition coefficient (Wildman–Crippen LogP) is 1.74. The van der Waals surface area contributed by atoms with E-state index in [-0.39, 0.29) is 11.3 Å². The number of aldehydes is 1. The third-order valence-electron chi connectivity index (χ3n) is 5.02. The molecular formula is C22H31N5O4S. The van der Waals surface area contributed by atoms with Crippen molar-refractivity contribution in [3.05, 3.63) is 60.0 Å². The van der Waals surface area contributed by atoms with Crippen LogP contribution in [0.15, 0.2) is 69.9 Å². The van der Waals surface area contributed by atoms with Gasteiger partial charge in [0.25, 0.3) is 0 Å². The van der Waals surface area contributed by atoms with Gasteiger partial charge in [0.05, 0.1) is 17.2 Å². The molecule has 2 rings (SSSR count). The average molecular weight is 462 g/mol. The second-order valence-electron chi connectivity index (χ2n) is 7.34. The van der Waals surface area contributed by atoms with Crippen molar-refractivity contribution in [1.29, 1.82) is 0 Å². The number of guanidine groups is 1. The monoisotopic (exact) mass is 461 g/mol. The number of carbonyl (C=O) groups excluding carboxylic acids is 1. The minimum absolute atomic E-state index is 0.0444. The van der Waals surface area contributed by atoms with Crippen molar-refractivity contribution in [3.8, 4) is 0 Å². The second-order valence-corrected chi connectivity index (χ2v) is 8.90. The zero-order valence-electron chi connectivity index (χ0n) is 18.5. The summed E-state index contributed by atoms with van der Waals surface area (Å²) in [6, 6.07) is 6.44. The van der Waals surface area contributed by atoms with Crippen LogP contribution >= 0.6 is 0 Å². The number of carbonyl (C=O) groups is 1. The molecule has 0 saturated heterocycles. The molecule has 0 saturated carbocycles. The molecule has 0 radical (unpaired) electrons. The molecule has 9 nitrogen and oxygen atoms in total. The maximum Gasteiger partial charge on any atom is 0.238 e. The Morgan fingerprint density at radius 1 is 1.38 bits per heavy atom. The summed E-state index contributed by atoms with van der Waals surface area (Å²) in [5.74, 6) is 0.306. The van der Waals surface area contributed by atoms with Gasteiger partial charge in [-0.1, -0.05) is 12.1 Å². The Kier molecular flexibility index (Phi) is 9.18. The number of anilines is 1. The fourth-order valence-electron chi connectivity index (χ4n) is 3.25. The highest BCUT2D eigenvalue weighted by atomic mass is 32.2. The number of aliphatic imine (C=N–C) groups is 1. The Hall–Kier alpha value is -2.95. The van der Waals surface area contributed by atoms with Gasteiger partial charge in [0.1, 0.15) is 6.29 Å². The molecule has 1 aliphatic heterocycles. The molecule has 0 amide bonds. The first-order chi connectivity index (χ1) is 15.2. The van der Waals surface area contributed by atoms with Gasteiger partial charge in [-0.15, -0.1) is 6.58 Å². The molecule has 0 atom stereocenters.